The van der Waals surface area contributed by atoms with E-state index in [1.807, 2.05) is 4.90 Å². The van der Waals surface area contributed by atoms with Gasteiger partial charge in [0.15, 0.2) is 0 Å². The third-order valence-corrected chi connectivity index (χ3v) is 6.38. The maximum atomic E-state index is 12.7. The van der Waals surface area contributed by atoms with Crippen LogP contribution in [0.1, 0.15) is 45.4 Å². The van der Waals surface area contributed by atoms with Crippen LogP contribution in [-0.2, 0) is 14.3 Å². The lowest BCUT2D eigenvalue weighted by atomic mass is 9.79. The molecule has 6 nitrogen and oxygen atoms in total. The highest BCUT2D eigenvalue weighted by molar-refractivity contribution is 5.81. The molecule has 148 valence electrons. The Labute approximate surface area is 157 Å². The number of carbonyl (C=O) groups is 2. The fourth-order valence-corrected chi connectivity index (χ4v) is 4.53. The van der Waals surface area contributed by atoms with Crippen LogP contribution < -0.4 is 5.32 Å². The Morgan fingerprint density at radius 2 is 1.54 bits per heavy atom. The van der Waals surface area contributed by atoms with Crippen LogP contribution in [0.5, 0.6) is 0 Å². The summed E-state index contributed by atoms with van der Waals surface area (Å²) in [5.41, 5.74) is 0. The molecule has 2 heterocycles. The van der Waals surface area contributed by atoms with Crippen LogP contribution in [0.15, 0.2) is 0 Å². The van der Waals surface area contributed by atoms with Gasteiger partial charge in [-0.15, -0.1) is 0 Å². The van der Waals surface area contributed by atoms with Crippen LogP contribution in [0.25, 0.3) is 0 Å². The molecule has 3 fully saturated rings. The summed E-state index contributed by atoms with van der Waals surface area (Å²) in [6.45, 7) is 9.52. The molecule has 1 N–H and O–H groups in total. The van der Waals surface area contributed by atoms with E-state index < -0.39 is 0 Å². The van der Waals surface area contributed by atoms with Gasteiger partial charge in [-0.1, -0.05) is 0 Å². The summed E-state index contributed by atoms with van der Waals surface area (Å²) in [6, 6.07) is 0. The summed E-state index contributed by atoms with van der Waals surface area (Å²) in [5.74, 6) is 0.922. The molecular weight excluding hydrogens is 330 g/mol. The predicted octanol–water partition coefficient (Wildman–Crippen LogP) is 1.29. The first kappa shape index (κ1) is 19.8. The molecular formula is C20H35N3O3. The molecule has 2 saturated heterocycles. The molecule has 0 spiro atoms. The minimum atomic E-state index is 0.135. The van der Waals surface area contributed by atoms with Gasteiger partial charge in [-0.05, 0) is 45.4 Å². The first-order valence-corrected chi connectivity index (χ1v) is 10.5. The monoisotopic (exact) mass is 365 g/mol. The van der Waals surface area contributed by atoms with Gasteiger partial charge in [0.25, 0.3) is 0 Å². The minimum Gasteiger partial charge on any atom is -0.377 e. The smallest absolute Gasteiger partial charge is 0.225 e. The number of carbonyl (C=O) groups excluding carboxylic acids is 2. The summed E-state index contributed by atoms with van der Waals surface area (Å²) in [6.07, 6.45) is 5.74. The number of rotatable bonds is 6. The number of amides is 1. The lowest BCUT2D eigenvalue weighted by Gasteiger charge is -2.36. The van der Waals surface area contributed by atoms with Gasteiger partial charge < -0.3 is 15.0 Å². The molecule has 3 aliphatic rings. The number of ketones is 1. The summed E-state index contributed by atoms with van der Waals surface area (Å²) in [5, 5.41) is 3.37. The zero-order valence-electron chi connectivity index (χ0n) is 16.3. The van der Waals surface area contributed by atoms with Crippen molar-refractivity contribution in [1.29, 1.82) is 0 Å². The second-order valence-electron chi connectivity index (χ2n) is 8.15. The SMILES string of the molecule is CC(=O)C1CCC(C(=O)N2CCC(OCCN3CCNCC3)CC2)CC1. The van der Waals surface area contributed by atoms with E-state index in [1.165, 1.54) is 0 Å². The zero-order chi connectivity index (χ0) is 18.4. The van der Waals surface area contributed by atoms with Gasteiger partial charge in [0.05, 0.1) is 12.7 Å². The third kappa shape index (κ3) is 5.51. The van der Waals surface area contributed by atoms with Crippen molar-refractivity contribution in [3.05, 3.63) is 0 Å². The van der Waals surface area contributed by atoms with Crippen molar-refractivity contribution < 1.29 is 14.3 Å². The van der Waals surface area contributed by atoms with Crippen LogP contribution in [0.4, 0.5) is 0 Å². The van der Waals surface area contributed by atoms with Gasteiger partial charge in [-0.2, -0.15) is 0 Å². The van der Waals surface area contributed by atoms with Gasteiger partial charge in [0.2, 0.25) is 5.91 Å². The van der Waals surface area contributed by atoms with Crippen LogP contribution in [-0.4, -0.2) is 80.0 Å². The van der Waals surface area contributed by atoms with E-state index in [-0.39, 0.29) is 17.6 Å². The second kappa shape index (κ2) is 9.81. The number of Topliss-reactive ketones (excluding diaryl/α,β-unsaturated/α-hetero) is 1. The molecule has 2 aliphatic heterocycles. The number of nitrogens with zero attached hydrogens (tertiary/aromatic N) is 2. The van der Waals surface area contributed by atoms with Crippen LogP contribution in [0.3, 0.4) is 0 Å². The van der Waals surface area contributed by atoms with Gasteiger partial charge >= 0.3 is 0 Å². The Hall–Kier alpha value is -0.980. The number of piperazine rings is 1. The number of likely N-dealkylation sites (tertiary alicyclic amines) is 1. The minimum absolute atomic E-state index is 0.135. The standard InChI is InChI=1S/C20H35N3O3/c1-16(24)17-2-4-18(5-3-17)20(25)23-10-6-19(7-11-23)26-15-14-22-12-8-21-9-13-22/h17-19,21H,2-15H2,1H3. The molecule has 1 aliphatic carbocycles. The van der Waals surface area contributed by atoms with E-state index in [4.69, 9.17) is 4.74 Å². The number of nitrogens with one attached hydrogen (secondary N) is 1. The van der Waals surface area contributed by atoms with Gasteiger partial charge in [0, 0.05) is 57.6 Å². The molecule has 6 heteroatoms. The Kier molecular flexibility index (Phi) is 7.46. The fourth-order valence-electron chi connectivity index (χ4n) is 4.53. The molecule has 1 saturated carbocycles. The van der Waals surface area contributed by atoms with Gasteiger partial charge in [-0.25, -0.2) is 0 Å². The number of piperidine rings is 1. The first-order chi connectivity index (χ1) is 12.6. The van der Waals surface area contributed by atoms with Gasteiger partial charge in [-0.3, -0.25) is 14.5 Å². The molecule has 0 unspecified atom stereocenters. The highest BCUT2D eigenvalue weighted by Crippen LogP contribution is 2.31. The van der Waals surface area contributed by atoms with Crippen molar-refractivity contribution >= 4 is 11.7 Å². The second-order valence-corrected chi connectivity index (χ2v) is 8.15. The maximum Gasteiger partial charge on any atom is 0.225 e. The van der Waals surface area contributed by atoms with E-state index in [0.29, 0.717) is 12.0 Å². The van der Waals surface area contributed by atoms with Crippen LogP contribution in [0.2, 0.25) is 0 Å². The highest BCUT2D eigenvalue weighted by atomic mass is 16.5. The first-order valence-electron chi connectivity index (χ1n) is 10.5. The molecule has 0 radical (unpaired) electrons. The molecule has 0 aromatic carbocycles. The number of hydrogen-bond acceptors (Lipinski definition) is 5. The van der Waals surface area contributed by atoms with Crippen molar-refractivity contribution in [1.82, 2.24) is 15.1 Å². The third-order valence-electron chi connectivity index (χ3n) is 6.38. The van der Waals surface area contributed by atoms with Crippen molar-refractivity contribution in [2.75, 3.05) is 52.4 Å². The van der Waals surface area contributed by atoms with Crippen LogP contribution >= 0.6 is 0 Å². The Bertz CT molecular complexity index is 463. The average molecular weight is 366 g/mol. The lowest BCUT2D eigenvalue weighted by molar-refractivity contribution is -0.140. The molecule has 0 aromatic heterocycles. The van der Waals surface area contributed by atoms with E-state index in [9.17, 15) is 9.59 Å². The van der Waals surface area contributed by atoms with E-state index in [0.717, 1.165) is 90.9 Å². The number of hydrogen-bond donors (Lipinski definition) is 1. The van der Waals surface area contributed by atoms with Gasteiger partial charge in [0.1, 0.15) is 5.78 Å². The molecule has 1 amide bonds. The van der Waals surface area contributed by atoms with E-state index in [2.05, 4.69) is 10.2 Å². The predicted molar refractivity (Wildman–Crippen MR) is 101 cm³/mol. The van der Waals surface area contributed by atoms with Crippen LogP contribution in [0, 0.1) is 11.8 Å². The Balaban J connectivity index is 1.31. The maximum absolute atomic E-state index is 12.7. The molecule has 0 aromatic rings. The normalized spacial score (nSPS) is 28.9. The van der Waals surface area contributed by atoms with Crippen molar-refractivity contribution in [3.63, 3.8) is 0 Å². The average Bonchev–Trinajstić information content (AvgIpc) is 2.69. The van der Waals surface area contributed by atoms with E-state index in [1.54, 1.807) is 6.92 Å². The summed E-state index contributed by atoms with van der Waals surface area (Å²) in [7, 11) is 0. The quantitative estimate of drug-likeness (QED) is 0.769. The van der Waals surface area contributed by atoms with Crippen molar-refractivity contribution in [2.45, 2.75) is 51.6 Å². The summed E-state index contributed by atoms with van der Waals surface area (Å²) < 4.78 is 6.06. The zero-order valence-corrected chi connectivity index (χ0v) is 16.3. The van der Waals surface area contributed by atoms with E-state index >= 15 is 0 Å². The summed E-state index contributed by atoms with van der Waals surface area (Å²) >= 11 is 0. The van der Waals surface area contributed by atoms with Crippen molar-refractivity contribution in [2.24, 2.45) is 11.8 Å². The largest absolute Gasteiger partial charge is 0.377 e. The Morgan fingerprint density at radius 3 is 2.15 bits per heavy atom. The molecule has 0 atom stereocenters. The fraction of sp³-hybridized carbons (Fsp3) is 0.900. The van der Waals surface area contributed by atoms with Crippen molar-refractivity contribution in [3.8, 4) is 0 Å². The lowest BCUT2D eigenvalue weighted by Crippen LogP contribution is -2.46. The highest BCUT2D eigenvalue weighted by Gasteiger charge is 2.32. The topological polar surface area (TPSA) is 61.9 Å². The molecule has 26 heavy (non-hydrogen) atoms. The summed E-state index contributed by atoms with van der Waals surface area (Å²) in [4.78, 5) is 28.7. The Morgan fingerprint density at radius 1 is 0.923 bits per heavy atom. The number of ether oxygens (including phenoxy) is 1. The molecule has 3 rings (SSSR count). The molecule has 0 bridgehead atoms.